The molecule has 2 aliphatic heterocycles. The van der Waals surface area contributed by atoms with Gasteiger partial charge < -0.3 is 10.1 Å². The molecule has 1 saturated carbocycles. The summed E-state index contributed by atoms with van der Waals surface area (Å²) in [5, 5.41) is 3.04. The van der Waals surface area contributed by atoms with Gasteiger partial charge in [0.25, 0.3) is 0 Å². The number of rotatable bonds is 6. The van der Waals surface area contributed by atoms with Crippen molar-refractivity contribution < 1.29 is 17.9 Å². The van der Waals surface area contributed by atoms with Crippen molar-refractivity contribution in [3.05, 3.63) is 29.8 Å². The van der Waals surface area contributed by atoms with Crippen LogP contribution in [0.25, 0.3) is 0 Å². The monoisotopic (exact) mass is 392 g/mol. The van der Waals surface area contributed by atoms with Crippen LogP contribution < -0.4 is 5.32 Å². The second-order valence-electron chi connectivity index (χ2n) is 8.19. The van der Waals surface area contributed by atoms with Crippen molar-refractivity contribution in [1.82, 2.24) is 9.62 Å². The lowest BCUT2D eigenvalue weighted by Crippen LogP contribution is -2.66. The summed E-state index contributed by atoms with van der Waals surface area (Å²) < 4.78 is 33.1. The zero-order valence-corrected chi connectivity index (χ0v) is 16.6. The second-order valence-corrected chi connectivity index (χ2v) is 10.1. The van der Waals surface area contributed by atoms with Crippen LogP contribution in [0.3, 0.4) is 0 Å². The minimum absolute atomic E-state index is 0.173. The van der Waals surface area contributed by atoms with Crippen LogP contribution in [0.2, 0.25) is 0 Å². The molecule has 3 fully saturated rings. The molecule has 1 atom stereocenters. The highest BCUT2D eigenvalue weighted by Crippen LogP contribution is 2.43. The average Bonchev–Trinajstić information content (AvgIpc) is 2.96. The van der Waals surface area contributed by atoms with E-state index in [4.69, 9.17) is 4.74 Å². The van der Waals surface area contributed by atoms with Crippen LogP contribution in [-0.4, -0.2) is 50.5 Å². The van der Waals surface area contributed by atoms with Gasteiger partial charge in [-0.15, -0.1) is 0 Å². The summed E-state index contributed by atoms with van der Waals surface area (Å²) in [5.74, 6) is 0.674. The maximum Gasteiger partial charge on any atom is 0.243 e. The van der Waals surface area contributed by atoms with E-state index in [0.29, 0.717) is 37.1 Å². The van der Waals surface area contributed by atoms with Crippen molar-refractivity contribution >= 4 is 15.9 Å². The molecule has 0 aromatic heterocycles. The maximum atomic E-state index is 12.8. The first-order valence-corrected chi connectivity index (χ1v) is 11.3. The minimum Gasteiger partial charge on any atom is -0.372 e. The third-order valence-corrected chi connectivity index (χ3v) is 8.22. The van der Waals surface area contributed by atoms with Gasteiger partial charge in [-0.05, 0) is 50.7 Å². The summed E-state index contributed by atoms with van der Waals surface area (Å²) in [6.07, 6.45) is 4.94. The summed E-state index contributed by atoms with van der Waals surface area (Å²) in [6.45, 7) is 4.07. The Bertz CT molecular complexity index is 796. The predicted molar refractivity (Wildman–Crippen MR) is 102 cm³/mol. The molecule has 1 aliphatic carbocycles. The molecule has 0 unspecified atom stereocenters. The third kappa shape index (κ3) is 3.52. The summed E-state index contributed by atoms with van der Waals surface area (Å²) in [6, 6.07) is 6.97. The molecule has 27 heavy (non-hydrogen) atoms. The number of hydrogen-bond donors (Lipinski definition) is 1. The van der Waals surface area contributed by atoms with E-state index < -0.39 is 10.0 Å². The number of carbonyl (C=O) groups excluding carboxylic acids is 1. The normalized spacial score (nSPS) is 25.1. The Morgan fingerprint density at radius 1 is 1.22 bits per heavy atom. The zero-order valence-electron chi connectivity index (χ0n) is 15.8. The van der Waals surface area contributed by atoms with Crippen LogP contribution in [0, 0.1) is 18.8 Å². The van der Waals surface area contributed by atoms with Gasteiger partial charge in [-0.1, -0.05) is 24.1 Å². The molecule has 4 rings (SSSR count). The fraction of sp³-hybridized carbons (Fsp3) is 0.650. The molecule has 3 aliphatic rings. The fourth-order valence-electron chi connectivity index (χ4n) is 4.31. The average molecular weight is 393 g/mol. The van der Waals surface area contributed by atoms with Gasteiger partial charge in [-0.25, -0.2) is 8.42 Å². The Labute approximate surface area is 161 Å². The predicted octanol–water partition coefficient (Wildman–Crippen LogP) is 2.08. The van der Waals surface area contributed by atoms with Crippen molar-refractivity contribution in [1.29, 1.82) is 0 Å². The molecule has 1 spiro atoms. The Hall–Kier alpha value is -1.44. The molecule has 1 aromatic rings. The smallest absolute Gasteiger partial charge is 0.243 e. The number of carbonyl (C=O) groups is 1. The maximum absolute atomic E-state index is 12.8. The van der Waals surface area contributed by atoms with Crippen LogP contribution in [0.15, 0.2) is 29.2 Å². The summed E-state index contributed by atoms with van der Waals surface area (Å²) in [5.41, 5.74) is 0.663. The van der Waals surface area contributed by atoms with Gasteiger partial charge in [0.15, 0.2) is 0 Å². The SMILES string of the molecule is Cc1ccc(S(=O)(=O)N2CC3(C2)OCC[C@@H]3CCNC(=O)C2CCC2)cc1. The lowest BCUT2D eigenvalue weighted by atomic mass is 9.80. The highest BCUT2D eigenvalue weighted by Gasteiger charge is 2.56. The molecule has 0 radical (unpaired) electrons. The van der Waals surface area contributed by atoms with Gasteiger partial charge in [0.05, 0.1) is 10.5 Å². The largest absolute Gasteiger partial charge is 0.372 e. The molecule has 1 aromatic carbocycles. The van der Waals surface area contributed by atoms with Crippen LogP contribution in [0.1, 0.15) is 37.7 Å². The van der Waals surface area contributed by atoms with E-state index in [-0.39, 0.29) is 17.4 Å². The third-order valence-electron chi connectivity index (χ3n) is 6.41. The van der Waals surface area contributed by atoms with E-state index in [1.165, 1.54) is 4.31 Å². The first kappa shape index (κ1) is 18.9. The quantitative estimate of drug-likeness (QED) is 0.804. The van der Waals surface area contributed by atoms with Crippen molar-refractivity contribution in [2.45, 2.75) is 49.5 Å². The molecule has 2 heterocycles. The second kappa shape index (κ2) is 7.18. The van der Waals surface area contributed by atoms with Crippen LogP contribution in [0.4, 0.5) is 0 Å². The van der Waals surface area contributed by atoms with E-state index >= 15 is 0 Å². The highest BCUT2D eigenvalue weighted by atomic mass is 32.2. The van der Waals surface area contributed by atoms with Crippen molar-refractivity contribution in [2.24, 2.45) is 11.8 Å². The topological polar surface area (TPSA) is 75.7 Å². The fourth-order valence-corrected chi connectivity index (χ4v) is 5.86. The van der Waals surface area contributed by atoms with Crippen molar-refractivity contribution in [2.75, 3.05) is 26.2 Å². The zero-order chi connectivity index (χ0) is 19.1. The number of hydrogen-bond acceptors (Lipinski definition) is 4. The molecule has 148 valence electrons. The highest BCUT2D eigenvalue weighted by molar-refractivity contribution is 7.89. The van der Waals surface area contributed by atoms with Crippen molar-refractivity contribution in [3.8, 4) is 0 Å². The summed E-state index contributed by atoms with van der Waals surface area (Å²) >= 11 is 0. The number of sulfonamides is 1. The van der Waals surface area contributed by atoms with Crippen LogP contribution in [0.5, 0.6) is 0 Å². The molecule has 2 saturated heterocycles. The Kier molecular flexibility index (Phi) is 5.03. The van der Waals surface area contributed by atoms with Gasteiger partial charge >= 0.3 is 0 Å². The lowest BCUT2D eigenvalue weighted by Gasteiger charge is -2.49. The molecule has 0 bridgehead atoms. The molecule has 7 heteroatoms. The number of benzene rings is 1. The first-order chi connectivity index (χ1) is 12.9. The first-order valence-electron chi connectivity index (χ1n) is 9.89. The van der Waals surface area contributed by atoms with Crippen LogP contribution in [-0.2, 0) is 19.6 Å². The number of nitrogens with one attached hydrogen (secondary N) is 1. The van der Waals surface area contributed by atoms with E-state index in [1.807, 2.05) is 19.1 Å². The van der Waals surface area contributed by atoms with Gasteiger partial charge in [0.2, 0.25) is 15.9 Å². The molecular formula is C20H28N2O4S. The van der Waals surface area contributed by atoms with E-state index in [2.05, 4.69) is 5.32 Å². The van der Waals surface area contributed by atoms with E-state index in [0.717, 1.165) is 37.7 Å². The minimum atomic E-state index is -3.46. The molecule has 1 amide bonds. The van der Waals surface area contributed by atoms with Gasteiger partial charge in [-0.2, -0.15) is 4.31 Å². The van der Waals surface area contributed by atoms with Gasteiger partial charge in [0.1, 0.15) is 0 Å². The number of ether oxygens (including phenoxy) is 1. The van der Waals surface area contributed by atoms with Gasteiger partial charge in [0, 0.05) is 32.2 Å². The number of aryl methyl sites for hydroxylation is 1. The Morgan fingerprint density at radius 3 is 2.56 bits per heavy atom. The Morgan fingerprint density at radius 2 is 1.93 bits per heavy atom. The van der Waals surface area contributed by atoms with Crippen LogP contribution >= 0.6 is 0 Å². The number of amides is 1. The molecule has 1 N–H and O–H groups in total. The standard InChI is InChI=1S/C20H28N2O4S/c1-15-5-7-18(8-6-15)27(24,25)22-13-20(14-22)17(10-12-26-20)9-11-21-19(23)16-3-2-4-16/h5-8,16-17H,2-4,9-14H2,1H3,(H,21,23)/t17-/m0/s1. The summed E-state index contributed by atoms with van der Waals surface area (Å²) in [7, 11) is -3.46. The van der Waals surface area contributed by atoms with E-state index in [1.54, 1.807) is 12.1 Å². The Balaban J connectivity index is 1.33. The molecular weight excluding hydrogens is 364 g/mol. The lowest BCUT2D eigenvalue weighted by molar-refractivity contribution is -0.127. The van der Waals surface area contributed by atoms with Crippen molar-refractivity contribution in [3.63, 3.8) is 0 Å². The molecule has 6 nitrogen and oxygen atoms in total. The summed E-state index contributed by atoms with van der Waals surface area (Å²) in [4.78, 5) is 12.3. The van der Waals surface area contributed by atoms with Gasteiger partial charge in [-0.3, -0.25) is 4.79 Å². The van der Waals surface area contributed by atoms with E-state index in [9.17, 15) is 13.2 Å². The number of nitrogens with zero attached hydrogens (tertiary/aromatic N) is 1.